The van der Waals surface area contributed by atoms with Gasteiger partial charge in [0.2, 0.25) is 0 Å². The average molecular weight is 396 g/mol. The molecule has 4 nitrogen and oxygen atoms in total. The first kappa shape index (κ1) is 20.0. The highest BCUT2D eigenvalue weighted by Gasteiger charge is 2.57. The van der Waals surface area contributed by atoms with Crippen molar-refractivity contribution < 1.29 is 16.1 Å². The highest BCUT2D eigenvalue weighted by molar-refractivity contribution is 5.94. The molecule has 2 aromatic rings. The molecule has 1 amide bonds. The van der Waals surface area contributed by atoms with Crippen LogP contribution in [0.15, 0.2) is 48.5 Å². The molecule has 0 radical (unpaired) electrons. The van der Waals surface area contributed by atoms with Crippen molar-refractivity contribution in [2.75, 3.05) is 26.3 Å². The molecule has 1 aliphatic carbocycles. The molecule has 0 aromatic heterocycles. The standard InChI is InChI=1S/C25H31NO3.H2/c1-18-13-19(9-10-22(18)29-17-24(2,3)16-27)23(28)26-12-11-25(14-21(25)15-26)20-7-5-4-6-8-20;/h4-10,13,21,27H,11-12,14-17H2,1-3H3;1H/t21?,25-;/m1./s1. The van der Waals surface area contributed by atoms with Crippen LogP contribution in [0.25, 0.3) is 0 Å². The molecule has 1 saturated carbocycles. The number of nitrogens with zero attached hydrogens (tertiary/aromatic N) is 1. The Morgan fingerprint density at radius 2 is 2.03 bits per heavy atom. The molecule has 2 aliphatic rings. The lowest BCUT2D eigenvalue weighted by molar-refractivity contribution is 0.0707. The Labute approximate surface area is 175 Å². The lowest BCUT2D eigenvalue weighted by Gasteiger charge is -2.32. The van der Waals surface area contributed by atoms with Crippen LogP contribution in [0.3, 0.4) is 0 Å². The number of carbonyl (C=O) groups excluding carboxylic acids is 1. The summed E-state index contributed by atoms with van der Waals surface area (Å²) >= 11 is 0. The highest BCUT2D eigenvalue weighted by atomic mass is 16.5. The van der Waals surface area contributed by atoms with Gasteiger partial charge in [-0.2, -0.15) is 0 Å². The Morgan fingerprint density at radius 3 is 2.69 bits per heavy atom. The van der Waals surface area contributed by atoms with E-state index < -0.39 is 0 Å². The topological polar surface area (TPSA) is 49.8 Å². The Bertz CT molecular complexity index is 899. The van der Waals surface area contributed by atoms with E-state index in [-0.39, 0.29) is 19.4 Å². The molecule has 1 saturated heterocycles. The monoisotopic (exact) mass is 395 g/mol. The van der Waals surface area contributed by atoms with Crippen molar-refractivity contribution in [3.8, 4) is 5.75 Å². The molecular weight excluding hydrogens is 362 g/mol. The first-order valence-corrected chi connectivity index (χ1v) is 10.5. The van der Waals surface area contributed by atoms with Gasteiger partial charge < -0.3 is 14.7 Å². The smallest absolute Gasteiger partial charge is 0.253 e. The molecule has 2 atom stereocenters. The van der Waals surface area contributed by atoms with Gasteiger partial charge >= 0.3 is 0 Å². The summed E-state index contributed by atoms with van der Waals surface area (Å²) in [5, 5.41) is 9.39. The van der Waals surface area contributed by atoms with E-state index in [2.05, 4.69) is 30.3 Å². The van der Waals surface area contributed by atoms with Crippen LogP contribution in [-0.2, 0) is 5.41 Å². The second-order valence-electron chi connectivity index (χ2n) is 9.52. The van der Waals surface area contributed by atoms with Crippen LogP contribution < -0.4 is 4.74 Å². The average Bonchev–Trinajstić information content (AvgIpc) is 3.48. The van der Waals surface area contributed by atoms with Crippen molar-refractivity contribution in [3.63, 3.8) is 0 Å². The number of ether oxygens (including phenoxy) is 1. The molecule has 1 aliphatic heterocycles. The minimum atomic E-state index is -0.287. The molecule has 0 bridgehead atoms. The van der Waals surface area contributed by atoms with Gasteiger partial charge in [-0.25, -0.2) is 0 Å². The summed E-state index contributed by atoms with van der Waals surface area (Å²) in [6, 6.07) is 16.4. The quantitative estimate of drug-likeness (QED) is 0.787. The fraction of sp³-hybridized carbons (Fsp3) is 0.480. The second kappa shape index (κ2) is 7.49. The molecule has 1 unspecified atom stereocenters. The number of aliphatic hydroxyl groups excluding tert-OH is 1. The van der Waals surface area contributed by atoms with Crippen molar-refractivity contribution in [3.05, 3.63) is 65.2 Å². The van der Waals surface area contributed by atoms with Gasteiger partial charge in [0, 0.05) is 30.9 Å². The molecule has 1 heterocycles. The van der Waals surface area contributed by atoms with Crippen molar-refractivity contribution in [2.24, 2.45) is 11.3 Å². The molecule has 4 rings (SSSR count). The van der Waals surface area contributed by atoms with E-state index in [9.17, 15) is 9.90 Å². The number of likely N-dealkylation sites (tertiary alicyclic amines) is 1. The third kappa shape index (κ3) is 3.91. The number of hydrogen-bond acceptors (Lipinski definition) is 3. The summed E-state index contributed by atoms with van der Waals surface area (Å²) in [5.74, 6) is 1.46. The molecule has 0 spiro atoms. The Morgan fingerprint density at radius 1 is 1.28 bits per heavy atom. The zero-order valence-electron chi connectivity index (χ0n) is 17.6. The molecule has 2 fully saturated rings. The van der Waals surface area contributed by atoms with E-state index in [1.807, 2.05) is 43.9 Å². The van der Waals surface area contributed by atoms with Crippen LogP contribution in [0.2, 0.25) is 0 Å². The number of aryl methyl sites for hydroxylation is 1. The normalized spacial score (nSPS) is 23.4. The van der Waals surface area contributed by atoms with Crippen LogP contribution in [0.5, 0.6) is 5.75 Å². The van der Waals surface area contributed by atoms with Gasteiger partial charge in [0.25, 0.3) is 5.91 Å². The number of hydrogen-bond donors (Lipinski definition) is 1. The van der Waals surface area contributed by atoms with Crippen molar-refractivity contribution >= 4 is 5.91 Å². The zero-order chi connectivity index (χ0) is 20.6. The maximum absolute atomic E-state index is 13.1. The van der Waals surface area contributed by atoms with Crippen molar-refractivity contribution in [1.82, 2.24) is 4.90 Å². The van der Waals surface area contributed by atoms with Gasteiger partial charge in [-0.05, 0) is 55.0 Å². The fourth-order valence-corrected chi connectivity index (χ4v) is 4.52. The molecule has 156 valence electrons. The largest absolute Gasteiger partial charge is 0.493 e. The summed E-state index contributed by atoms with van der Waals surface area (Å²) in [5.41, 5.74) is 3.12. The minimum absolute atomic E-state index is 0. The van der Waals surface area contributed by atoms with E-state index in [0.29, 0.717) is 17.9 Å². The van der Waals surface area contributed by atoms with Gasteiger partial charge in [0.1, 0.15) is 5.75 Å². The lowest BCUT2D eigenvalue weighted by Crippen LogP contribution is -2.40. The lowest BCUT2D eigenvalue weighted by atomic mass is 9.87. The number of piperidine rings is 1. The minimum Gasteiger partial charge on any atom is -0.493 e. The van der Waals surface area contributed by atoms with Gasteiger partial charge in [-0.1, -0.05) is 44.2 Å². The van der Waals surface area contributed by atoms with E-state index in [4.69, 9.17) is 4.74 Å². The predicted octanol–water partition coefficient (Wildman–Crippen LogP) is 4.44. The van der Waals surface area contributed by atoms with Crippen LogP contribution in [-0.4, -0.2) is 42.2 Å². The van der Waals surface area contributed by atoms with Gasteiger partial charge in [0.15, 0.2) is 0 Å². The Kier molecular flexibility index (Phi) is 5.16. The first-order valence-electron chi connectivity index (χ1n) is 10.5. The number of aliphatic hydroxyl groups is 1. The third-order valence-corrected chi connectivity index (χ3v) is 6.60. The molecule has 4 heteroatoms. The SMILES string of the molecule is Cc1cc(C(=O)N2CC[C@]3(c4ccccc4)CC3C2)ccc1OCC(C)(C)CO.[HH]. The Hall–Kier alpha value is -2.33. The summed E-state index contributed by atoms with van der Waals surface area (Å²) in [6.45, 7) is 8.06. The number of carbonyl (C=O) groups is 1. The van der Waals surface area contributed by atoms with E-state index in [1.54, 1.807) is 0 Å². The Balaban J connectivity index is 0.00000256. The number of benzene rings is 2. The van der Waals surface area contributed by atoms with E-state index in [0.717, 1.165) is 36.4 Å². The van der Waals surface area contributed by atoms with Crippen molar-refractivity contribution in [2.45, 2.75) is 39.0 Å². The maximum atomic E-state index is 13.1. The highest BCUT2D eigenvalue weighted by Crippen LogP contribution is 2.59. The van der Waals surface area contributed by atoms with Crippen molar-refractivity contribution in [1.29, 1.82) is 0 Å². The van der Waals surface area contributed by atoms with Crippen LogP contribution in [0.4, 0.5) is 0 Å². The van der Waals surface area contributed by atoms with Gasteiger partial charge in [-0.3, -0.25) is 4.79 Å². The number of amides is 1. The zero-order valence-corrected chi connectivity index (χ0v) is 17.6. The number of rotatable bonds is 6. The van der Waals surface area contributed by atoms with Crippen LogP contribution in [0.1, 0.15) is 49.6 Å². The molecular formula is C25H33NO3. The van der Waals surface area contributed by atoms with Gasteiger partial charge in [-0.15, -0.1) is 0 Å². The molecule has 2 aromatic carbocycles. The number of fused-ring (bicyclic) bond motifs is 1. The van der Waals surface area contributed by atoms with Crippen LogP contribution in [0, 0.1) is 18.3 Å². The molecule has 1 N–H and O–H groups in total. The van der Waals surface area contributed by atoms with E-state index >= 15 is 0 Å². The third-order valence-electron chi connectivity index (χ3n) is 6.60. The summed E-state index contributed by atoms with van der Waals surface area (Å²) in [4.78, 5) is 15.1. The fourth-order valence-electron chi connectivity index (χ4n) is 4.52. The maximum Gasteiger partial charge on any atom is 0.253 e. The van der Waals surface area contributed by atoms with Crippen LogP contribution >= 0.6 is 0 Å². The summed E-state index contributed by atoms with van der Waals surface area (Å²) < 4.78 is 5.87. The summed E-state index contributed by atoms with van der Waals surface area (Å²) in [7, 11) is 0. The summed E-state index contributed by atoms with van der Waals surface area (Å²) in [6.07, 6.45) is 2.23. The molecule has 29 heavy (non-hydrogen) atoms. The second-order valence-corrected chi connectivity index (χ2v) is 9.52. The predicted molar refractivity (Wildman–Crippen MR) is 116 cm³/mol. The van der Waals surface area contributed by atoms with E-state index in [1.165, 1.54) is 12.0 Å². The van der Waals surface area contributed by atoms with Gasteiger partial charge in [0.05, 0.1) is 13.2 Å². The first-order chi connectivity index (χ1) is 13.8.